The number of hydrogen-bond donors (Lipinski definition) is 2. The molecule has 102 valence electrons. The highest BCUT2D eigenvalue weighted by atomic mass is 79.9. The summed E-state index contributed by atoms with van der Waals surface area (Å²) in [4.78, 5) is 1.18. The van der Waals surface area contributed by atoms with Gasteiger partial charge in [0.1, 0.15) is 4.90 Å². The van der Waals surface area contributed by atoms with E-state index in [0.717, 1.165) is 24.1 Å². The van der Waals surface area contributed by atoms with Gasteiger partial charge in [-0.2, -0.15) is 0 Å². The van der Waals surface area contributed by atoms with Gasteiger partial charge in [-0.3, -0.25) is 0 Å². The molecule has 1 saturated carbocycles. The van der Waals surface area contributed by atoms with Gasteiger partial charge in [0, 0.05) is 17.5 Å². The van der Waals surface area contributed by atoms with Gasteiger partial charge in [-0.15, -0.1) is 11.3 Å². The number of nitrogens with two attached hydrogens (primary N) is 1. The largest absolute Gasteiger partial charge is 0.326 e. The Bertz CT molecular complexity index is 527. The van der Waals surface area contributed by atoms with Gasteiger partial charge in [0.2, 0.25) is 10.0 Å². The van der Waals surface area contributed by atoms with Crippen LogP contribution in [0.5, 0.6) is 0 Å². The van der Waals surface area contributed by atoms with E-state index in [1.807, 2.05) is 0 Å². The maximum Gasteiger partial charge on any atom is 0.242 e. The molecule has 4 nitrogen and oxygen atoms in total. The molecular weight excluding hydrogens is 336 g/mol. The van der Waals surface area contributed by atoms with Crippen LogP contribution in [0.3, 0.4) is 0 Å². The average Bonchev–Trinajstić information content (AvgIpc) is 2.88. The Morgan fingerprint density at radius 3 is 2.89 bits per heavy atom. The van der Waals surface area contributed by atoms with Crippen LogP contribution in [0.4, 0.5) is 0 Å². The molecule has 1 fully saturated rings. The quantitative estimate of drug-likeness (QED) is 0.825. The van der Waals surface area contributed by atoms with Gasteiger partial charge in [-0.1, -0.05) is 13.3 Å². The van der Waals surface area contributed by atoms with Crippen LogP contribution in [0.1, 0.15) is 31.1 Å². The van der Waals surface area contributed by atoms with Crippen molar-refractivity contribution in [3.63, 3.8) is 0 Å². The summed E-state index contributed by atoms with van der Waals surface area (Å²) in [7, 11) is -3.41. The van der Waals surface area contributed by atoms with Crippen LogP contribution in [-0.2, 0) is 16.6 Å². The molecule has 1 aliphatic carbocycles. The van der Waals surface area contributed by atoms with Crippen molar-refractivity contribution in [2.24, 2.45) is 11.7 Å². The third-order valence-electron chi connectivity index (χ3n) is 3.09. The molecule has 7 heteroatoms. The van der Waals surface area contributed by atoms with Crippen LogP contribution in [0.25, 0.3) is 0 Å². The Hall–Kier alpha value is 0.0500. The van der Waals surface area contributed by atoms with E-state index in [0.29, 0.717) is 21.1 Å². The lowest BCUT2D eigenvalue weighted by Gasteiger charge is -2.04. The fraction of sp³-hybridized carbons (Fsp3) is 0.636. The van der Waals surface area contributed by atoms with Crippen molar-refractivity contribution in [3.8, 4) is 0 Å². The van der Waals surface area contributed by atoms with E-state index in [-0.39, 0.29) is 6.04 Å². The minimum atomic E-state index is -3.41. The summed E-state index contributed by atoms with van der Waals surface area (Å²) >= 11 is 4.67. The summed E-state index contributed by atoms with van der Waals surface area (Å²) in [5.41, 5.74) is 5.52. The van der Waals surface area contributed by atoms with Gasteiger partial charge in [0.25, 0.3) is 0 Å². The van der Waals surface area contributed by atoms with E-state index in [1.54, 1.807) is 6.07 Å². The van der Waals surface area contributed by atoms with Gasteiger partial charge < -0.3 is 5.73 Å². The Morgan fingerprint density at radius 2 is 2.33 bits per heavy atom. The highest BCUT2D eigenvalue weighted by Gasteiger charge is 2.39. The summed E-state index contributed by atoms with van der Waals surface area (Å²) in [5, 5.41) is 0. The van der Waals surface area contributed by atoms with E-state index in [1.165, 1.54) is 11.3 Å². The monoisotopic (exact) mass is 352 g/mol. The van der Waals surface area contributed by atoms with Gasteiger partial charge in [0.15, 0.2) is 0 Å². The minimum Gasteiger partial charge on any atom is -0.326 e. The van der Waals surface area contributed by atoms with Crippen molar-refractivity contribution < 1.29 is 8.42 Å². The van der Waals surface area contributed by atoms with Crippen LogP contribution >= 0.6 is 27.3 Å². The fourth-order valence-corrected chi connectivity index (χ4v) is 5.91. The molecule has 0 spiro atoms. The van der Waals surface area contributed by atoms with Crippen LogP contribution in [0.2, 0.25) is 0 Å². The van der Waals surface area contributed by atoms with E-state index >= 15 is 0 Å². The second-order valence-corrected chi connectivity index (χ2v) is 8.70. The SMILES string of the molecule is CCCC1CC1NS(=O)(=O)c1cc(CN)sc1Br. The number of nitrogens with one attached hydrogen (secondary N) is 1. The van der Waals surface area contributed by atoms with Crippen LogP contribution in [0.15, 0.2) is 14.7 Å². The molecule has 18 heavy (non-hydrogen) atoms. The van der Waals surface area contributed by atoms with Crippen molar-refractivity contribution in [2.75, 3.05) is 0 Å². The summed E-state index contributed by atoms with van der Waals surface area (Å²) in [6, 6.07) is 1.76. The molecule has 0 saturated heterocycles. The molecule has 2 rings (SSSR count). The molecule has 1 aromatic rings. The zero-order valence-electron chi connectivity index (χ0n) is 10.1. The molecule has 0 bridgehead atoms. The third-order valence-corrected chi connectivity index (χ3v) is 6.85. The molecule has 0 aliphatic heterocycles. The number of sulfonamides is 1. The number of halogens is 1. The molecule has 1 heterocycles. The van der Waals surface area contributed by atoms with E-state index in [2.05, 4.69) is 27.6 Å². The first-order valence-electron chi connectivity index (χ1n) is 5.98. The summed E-state index contributed by atoms with van der Waals surface area (Å²) in [5.74, 6) is 0.510. The Morgan fingerprint density at radius 1 is 1.61 bits per heavy atom. The molecule has 2 unspecified atom stereocenters. The molecule has 3 N–H and O–H groups in total. The van der Waals surface area contributed by atoms with E-state index < -0.39 is 10.0 Å². The van der Waals surface area contributed by atoms with Gasteiger partial charge >= 0.3 is 0 Å². The van der Waals surface area contributed by atoms with Gasteiger partial charge in [-0.05, 0) is 40.8 Å². The van der Waals surface area contributed by atoms with E-state index in [9.17, 15) is 8.42 Å². The van der Waals surface area contributed by atoms with Crippen molar-refractivity contribution in [3.05, 3.63) is 14.7 Å². The second-order valence-electron chi connectivity index (χ2n) is 4.57. The maximum absolute atomic E-state index is 12.2. The number of hydrogen-bond acceptors (Lipinski definition) is 4. The molecule has 0 aromatic carbocycles. The zero-order chi connectivity index (χ0) is 13.3. The molecule has 0 amide bonds. The maximum atomic E-state index is 12.2. The predicted molar refractivity (Wildman–Crippen MR) is 77.0 cm³/mol. The highest BCUT2D eigenvalue weighted by Crippen LogP contribution is 2.37. The van der Waals surface area contributed by atoms with Gasteiger partial charge in [-0.25, -0.2) is 13.1 Å². The van der Waals surface area contributed by atoms with Crippen molar-refractivity contribution >= 4 is 37.3 Å². The fourth-order valence-electron chi connectivity index (χ4n) is 2.03. The summed E-state index contributed by atoms with van der Waals surface area (Å²) < 4.78 is 27.8. The molecule has 1 aromatic heterocycles. The highest BCUT2D eigenvalue weighted by molar-refractivity contribution is 9.11. The predicted octanol–water partition coefficient (Wildman–Crippen LogP) is 2.44. The lowest BCUT2D eigenvalue weighted by atomic mass is 10.2. The number of thiophene rings is 1. The summed E-state index contributed by atoms with van der Waals surface area (Å²) in [6.07, 6.45) is 3.15. The lowest BCUT2D eigenvalue weighted by Crippen LogP contribution is -2.27. The Labute approximate surface area is 120 Å². The smallest absolute Gasteiger partial charge is 0.242 e. The Balaban J connectivity index is 2.09. The standard InChI is InChI=1S/C11H17BrN2O2S2/c1-2-3-7-4-9(7)14-18(15,16)10-5-8(6-13)17-11(10)12/h5,7,9,14H,2-4,6,13H2,1H3. The van der Waals surface area contributed by atoms with Crippen molar-refractivity contribution in [2.45, 2.75) is 43.7 Å². The van der Waals surface area contributed by atoms with Gasteiger partial charge in [0.05, 0.1) is 3.79 Å². The molecular formula is C11H17BrN2O2S2. The first-order valence-corrected chi connectivity index (χ1v) is 9.07. The van der Waals surface area contributed by atoms with Crippen LogP contribution < -0.4 is 10.5 Å². The lowest BCUT2D eigenvalue weighted by molar-refractivity contribution is 0.573. The van der Waals surface area contributed by atoms with Crippen molar-refractivity contribution in [1.29, 1.82) is 0 Å². The summed E-state index contributed by atoms with van der Waals surface area (Å²) in [6.45, 7) is 2.48. The van der Waals surface area contributed by atoms with Crippen LogP contribution in [-0.4, -0.2) is 14.5 Å². The minimum absolute atomic E-state index is 0.114. The normalized spacial score (nSPS) is 23.3. The molecule has 1 aliphatic rings. The average molecular weight is 353 g/mol. The first kappa shape index (κ1) is 14.5. The zero-order valence-corrected chi connectivity index (χ0v) is 13.4. The first-order chi connectivity index (χ1) is 8.47. The third kappa shape index (κ3) is 3.14. The van der Waals surface area contributed by atoms with Crippen molar-refractivity contribution in [1.82, 2.24) is 4.72 Å². The van der Waals surface area contributed by atoms with Crippen LogP contribution in [0, 0.1) is 5.92 Å². The molecule has 2 atom stereocenters. The number of rotatable bonds is 6. The van der Waals surface area contributed by atoms with E-state index in [4.69, 9.17) is 5.73 Å². The second kappa shape index (κ2) is 5.58. The molecule has 0 radical (unpaired) electrons. The Kier molecular flexibility index (Phi) is 4.48. The topological polar surface area (TPSA) is 72.2 Å².